The molecule has 0 unspecified atom stereocenters. The van der Waals surface area contributed by atoms with Crippen LogP contribution < -0.4 is 5.32 Å². The SMILES string of the molecule is CSc1ccc(CN(C)[C@@H](C)C(=O)Nc2cccc(S(=O)(=O)N(C)C)c2)cc1. The molecule has 0 saturated heterocycles. The molecule has 0 radical (unpaired) electrons. The van der Waals surface area contributed by atoms with Crippen LogP contribution in [-0.4, -0.2) is 57.0 Å². The fourth-order valence-corrected chi connectivity index (χ4v) is 3.90. The smallest absolute Gasteiger partial charge is 0.242 e. The molecule has 0 aliphatic carbocycles. The van der Waals surface area contributed by atoms with Gasteiger partial charge in [-0.25, -0.2) is 12.7 Å². The van der Waals surface area contributed by atoms with E-state index in [2.05, 4.69) is 29.6 Å². The van der Waals surface area contributed by atoms with Crippen LogP contribution in [0.2, 0.25) is 0 Å². The summed E-state index contributed by atoms with van der Waals surface area (Å²) in [5.74, 6) is -0.192. The minimum absolute atomic E-state index is 0.144. The van der Waals surface area contributed by atoms with Crippen LogP contribution in [0, 0.1) is 0 Å². The molecule has 0 heterocycles. The molecule has 28 heavy (non-hydrogen) atoms. The Morgan fingerprint density at radius 3 is 2.32 bits per heavy atom. The summed E-state index contributed by atoms with van der Waals surface area (Å²) in [4.78, 5) is 15.9. The van der Waals surface area contributed by atoms with Crippen LogP contribution in [0.15, 0.2) is 58.3 Å². The lowest BCUT2D eigenvalue weighted by Gasteiger charge is -2.24. The van der Waals surface area contributed by atoms with Gasteiger partial charge in [-0.2, -0.15) is 0 Å². The maximum Gasteiger partial charge on any atom is 0.242 e. The quantitative estimate of drug-likeness (QED) is 0.663. The number of carbonyl (C=O) groups excluding carboxylic acids is 1. The highest BCUT2D eigenvalue weighted by Crippen LogP contribution is 2.19. The summed E-state index contributed by atoms with van der Waals surface area (Å²) in [5.41, 5.74) is 1.58. The molecule has 1 atom stereocenters. The Balaban J connectivity index is 2.05. The zero-order chi connectivity index (χ0) is 20.9. The second-order valence-corrected chi connectivity index (χ2v) is 9.78. The van der Waals surface area contributed by atoms with Crippen LogP contribution in [0.3, 0.4) is 0 Å². The first-order chi connectivity index (χ1) is 13.1. The summed E-state index contributed by atoms with van der Waals surface area (Å²) in [5, 5.41) is 2.81. The van der Waals surface area contributed by atoms with Gasteiger partial charge in [-0.3, -0.25) is 9.69 Å². The molecule has 1 amide bonds. The first-order valence-corrected chi connectivity index (χ1v) is 11.5. The van der Waals surface area contributed by atoms with Crippen molar-refractivity contribution in [2.75, 3.05) is 32.7 Å². The Labute approximate surface area is 172 Å². The van der Waals surface area contributed by atoms with Crippen molar-refractivity contribution in [3.05, 3.63) is 54.1 Å². The molecule has 0 spiro atoms. The van der Waals surface area contributed by atoms with Gasteiger partial charge in [0.2, 0.25) is 15.9 Å². The maximum absolute atomic E-state index is 12.6. The van der Waals surface area contributed by atoms with Gasteiger partial charge in [0, 0.05) is 31.2 Å². The van der Waals surface area contributed by atoms with Gasteiger partial charge in [0.05, 0.1) is 10.9 Å². The van der Waals surface area contributed by atoms with Crippen LogP contribution in [0.25, 0.3) is 0 Å². The van der Waals surface area contributed by atoms with Gasteiger partial charge in [-0.05, 0) is 56.1 Å². The highest BCUT2D eigenvalue weighted by atomic mass is 32.2. The molecule has 6 nitrogen and oxygen atoms in total. The number of likely N-dealkylation sites (N-methyl/N-ethyl adjacent to an activating group) is 1. The molecule has 2 rings (SSSR count). The van der Waals surface area contributed by atoms with Crippen molar-refractivity contribution in [1.82, 2.24) is 9.21 Å². The molecule has 0 aliphatic rings. The first-order valence-electron chi connectivity index (χ1n) is 8.81. The monoisotopic (exact) mass is 421 g/mol. The predicted octanol–water partition coefficient (Wildman–Crippen LogP) is 3.12. The number of hydrogen-bond acceptors (Lipinski definition) is 5. The summed E-state index contributed by atoms with van der Waals surface area (Å²) in [6.07, 6.45) is 2.03. The lowest BCUT2D eigenvalue weighted by atomic mass is 10.2. The van der Waals surface area contributed by atoms with Crippen molar-refractivity contribution >= 4 is 33.4 Å². The molecule has 0 aliphatic heterocycles. The van der Waals surface area contributed by atoms with Crippen LogP contribution >= 0.6 is 11.8 Å². The van der Waals surface area contributed by atoms with Crippen molar-refractivity contribution in [3.8, 4) is 0 Å². The highest BCUT2D eigenvalue weighted by molar-refractivity contribution is 7.98. The lowest BCUT2D eigenvalue weighted by Crippen LogP contribution is -2.39. The predicted molar refractivity (Wildman–Crippen MR) is 115 cm³/mol. The number of hydrogen-bond donors (Lipinski definition) is 1. The molecule has 152 valence electrons. The van der Waals surface area contributed by atoms with Gasteiger partial charge >= 0.3 is 0 Å². The molecule has 0 aromatic heterocycles. The summed E-state index contributed by atoms with van der Waals surface area (Å²) in [7, 11) is 1.29. The molecule has 1 N–H and O–H groups in total. The summed E-state index contributed by atoms with van der Waals surface area (Å²) in [6, 6.07) is 14.2. The average Bonchev–Trinajstić information content (AvgIpc) is 2.67. The highest BCUT2D eigenvalue weighted by Gasteiger charge is 2.20. The van der Waals surface area contributed by atoms with E-state index >= 15 is 0 Å². The Kier molecular flexibility index (Phi) is 7.65. The van der Waals surface area contributed by atoms with E-state index < -0.39 is 10.0 Å². The Morgan fingerprint density at radius 1 is 1.11 bits per heavy atom. The van der Waals surface area contributed by atoms with E-state index in [9.17, 15) is 13.2 Å². The number of amides is 1. The van der Waals surface area contributed by atoms with Gasteiger partial charge in [0.15, 0.2) is 0 Å². The fourth-order valence-electron chi connectivity index (χ4n) is 2.55. The van der Waals surface area contributed by atoms with E-state index in [0.717, 1.165) is 9.87 Å². The second-order valence-electron chi connectivity index (χ2n) is 6.74. The van der Waals surface area contributed by atoms with Gasteiger partial charge in [0.1, 0.15) is 0 Å². The summed E-state index contributed by atoms with van der Waals surface area (Å²) >= 11 is 1.69. The van der Waals surface area contributed by atoms with E-state index in [4.69, 9.17) is 0 Å². The molecular formula is C20H27N3O3S2. The lowest BCUT2D eigenvalue weighted by molar-refractivity contribution is -0.120. The minimum atomic E-state index is -3.55. The van der Waals surface area contributed by atoms with Gasteiger partial charge in [-0.1, -0.05) is 18.2 Å². The average molecular weight is 422 g/mol. The van der Waals surface area contributed by atoms with Crippen LogP contribution in [-0.2, 0) is 21.4 Å². The van der Waals surface area contributed by atoms with E-state index in [-0.39, 0.29) is 16.8 Å². The number of thioether (sulfide) groups is 1. The zero-order valence-corrected chi connectivity index (χ0v) is 18.5. The van der Waals surface area contributed by atoms with Crippen LogP contribution in [0.1, 0.15) is 12.5 Å². The van der Waals surface area contributed by atoms with Crippen LogP contribution in [0.4, 0.5) is 5.69 Å². The molecule has 2 aromatic rings. The van der Waals surface area contributed by atoms with Gasteiger partial charge < -0.3 is 5.32 Å². The number of nitrogens with zero attached hydrogens (tertiary/aromatic N) is 2. The van der Waals surface area contributed by atoms with Crippen molar-refractivity contribution in [2.24, 2.45) is 0 Å². The Bertz CT molecular complexity index is 913. The number of nitrogens with one attached hydrogen (secondary N) is 1. The van der Waals surface area contributed by atoms with Crippen molar-refractivity contribution in [2.45, 2.75) is 29.3 Å². The largest absolute Gasteiger partial charge is 0.325 e. The Hall–Kier alpha value is -1.87. The van der Waals surface area contributed by atoms with E-state index in [0.29, 0.717) is 12.2 Å². The van der Waals surface area contributed by atoms with Gasteiger partial charge in [0.25, 0.3) is 0 Å². The van der Waals surface area contributed by atoms with Crippen molar-refractivity contribution < 1.29 is 13.2 Å². The van der Waals surface area contributed by atoms with Crippen molar-refractivity contribution in [3.63, 3.8) is 0 Å². The molecule has 8 heteroatoms. The minimum Gasteiger partial charge on any atom is -0.325 e. The molecule has 2 aromatic carbocycles. The first kappa shape index (κ1) is 22.4. The number of anilines is 1. The maximum atomic E-state index is 12.6. The zero-order valence-electron chi connectivity index (χ0n) is 16.8. The van der Waals surface area contributed by atoms with E-state index in [1.165, 1.54) is 31.1 Å². The number of sulfonamides is 1. The molecule has 0 saturated carbocycles. The molecular weight excluding hydrogens is 394 g/mol. The topological polar surface area (TPSA) is 69.7 Å². The fraction of sp³-hybridized carbons (Fsp3) is 0.350. The van der Waals surface area contributed by atoms with Gasteiger partial charge in [-0.15, -0.1) is 11.8 Å². The van der Waals surface area contributed by atoms with Crippen LogP contribution in [0.5, 0.6) is 0 Å². The Morgan fingerprint density at radius 2 is 1.75 bits per heavy atom. The third-order valence-corrected chi connectivity index (χ3v) is 7.07. The number of rotatable bonds is 8. The third-order valence-electron chi connectivity index (χ3n) is 4.51. The molecule has 0 bridgehead atoms. The van der Waals surface area contributed by atoms with Crippen molar-refractivity contribution in [1.29, 1.82) is 0 Å². The molecule has 0 fully saturated rings. The summed E-state index contributed by atoms with van der Waals surface area (Å²) < 4.78 is 25.7. The third kappa shape index (κ3) is 5.57. The number of benzene rings is 2. The van der Waals surface area contributed by atoms with E-state index in [1.54, 1.807) is 23.9 Å². The summed E-state index contributed by atoms with van der Waals surface area (Å²) in [6.45, 7) is 2.46. The van der Waals surface area contributed by atoms with E-state index in [1.807, 2.05) is 25.1 Å². The second kappa shape index (κ2) is 9.56. The normalized spacial score (nSPS) is 13.0. The number of carbonyl (C=O) groups is 1. The standard InChI is InChI=1S/C20H27N3O3S2/c1-15(23(4)14-16-9-11-18(27-5)12-10-16)20(24)21-17-7-6-8-19(13-17)28(25,26)22(2)3/h6-13,15H,14H2,1-5H3,(H,21,24)/t15-/m0/s1.